The molecule has 0 radical (unpaired) electrons. The van der Waals surface area contributed by atoms with Crippen molar-refractivity contribution in [1.29, 1.82) is 10.5 Å². The number of nitriles is 2. The van der Waals surface area contributed by atoms with Gasteiger partial charge in [-0.2, -0.15) is 10.5 Å². The molecule has 2 heterocycles. The minimum Gasteiger partial charge on any atom is -0.302 e. The lowest BCUT2D eigenvalue weighted by Crippen LogP contribution is -2.51. The zero-order valence-electron chi connectivity index (χ0n) is 14.6. The molecule has 0 saturated carbocycles. The first-order valence-corrected chi connectivity index (χ1v) is 8.45. The lowest BCUT2D eigenvalue weighted by atomic mass is 9.75. The average Bonchev–Trinajstić information content (AvgIpc) is 2.86. The van der Waals surface area contributed by atoms with E-state index in [1.165, 1.54) is 5.56 Å². The summed E-state index contributed by atoms with van der Waals surface area (Å²) in [6, 6.07) is 7.92. The Morgan fingerprint density at radius 3 is 2.54 bits per heavy atom. The second-order valence-electron chi connectivity index (χ2n) is 7.02. The van der Waals surface area contributed by atoms with Crippen LogP contribution in [0, 0.1) is 29.6 Å². The molecule has 1 aromatic rings. The van der Waals surface area contributed by atoms with Gasteiger partial charge in [-0.3, -0.25) is 4.79 Å². The number of nitrogens with zero attached hydrogens (tertiary/aromatic N) is 3. The molecule has 4 nitrogen and oxygen atoms in total. The molecule has 0 fully saturated rings. The van der Waals surface area contributed by atoms with Gasteiger partial charge in [-0.25, -0.2) is 0 Å². The number of carbonyl (C=O) groups excluding carboxylic acids is 1. The van der Waals surface area contributed by atoms with Crippen molar-refractivity contribution in [2.75, 3.05) is 4.90 Å². The minimum absolute atomic E-state index is 0.0892. The number of amides is 1. The van der Waals surface area contributed by atoms with Crippen LogP contribution in [0.3, 0.4) is 0 Å². The van der Waals surface area contributed by atoms with Gasteiger partial charge >= 0.3 is 0 Å². The number of anilines is 1. The van der Waals surface area contributed by atoms with Gasteiger partial charge < -0.3 is 4.90 Å². The van der Waals surface area contributed by atoms with Crippen LogP contribution in [-0.2, 0) is 4.79 Å². The Morgan fingerprint density at radius 1 is 1.33 bits per heavy atom. The Bertz CT molecular complexity index is 837. The average molecular weight is 319 g/mol. The predicted octanol–water partition coefficient (Wildman–Crippen LogP) is 4.21. The van der Waals surface area contributed by atoms with E-state index in [2.05, 4.69) is 26.8 Å². The van der Waals surface area contributed by atoms with Gasteiger partial charge in [0.2, 0.25) is 0 Å². The summed E-state index contributed by atoms with van der Waals surface area (Å²) in [5, 5.41) is 18.7. The maximum absolute atomic E-state index is 13.2. The first-order valence-electron chi connectivity index (χ1n) is 8.45. The summed E-state index contributed by atoms with van der Waals surface area (Å²) in [4.78, 5) is 15.0. The highest BCUT2D eigenvalue weighted by atomic mass is 16.2. The quantitative estimate of drug-likeness (QED) is 0.606. The van der Waals surface area contributed by atoms with Crippen LogP contribution in [0.4, 0.5) is 5.69 Å². The molecule has 3 rings (SSSR count). The third-order valence-corrected chi connectivity index (χ3v) is 5.59. The summed E-state index contributed by atoms with van der Waals surface area (Å²) in [7, 11) is 0. The fourth-order valence-corrected chi connectivity index (χ4v) is 4.18. The molecule has 1 aromatic carbocycles. The van der Waals surface area contributed by atoms with Crippen LogP contribution in [0.15, 0.2) is 17.7 Å². The summed E-state index contributed by atoms with van der Waals surface area (Å²) in [6.07, 6.45) is 2.75. The number of aryl methyl sites for hydroxylation is 1. The van der Waals surface area contributed by atoms with Crippen LogP contribution >= 0.6 is 0 Å². The molecular formula is C20H21N3O. The largest absolute Gasteiger partial charge is 0.302 e. The standard InChI is InChI=1S/C20H21N3O/c1-5-13-9-20(4,6-2)23-18-15(13)7-12(3)8-16(18)17(19(23)24)14(10-21)11-22/h7-8,13H,5-6,9H2,1-4H3/t13-,20-/m0/s1. The summed E-state index contributed by atoms with van der Waals surface area (Å²) in [5.74, 6) is 0.188. The summed E-state index contributed by atoms with van der Waals surface area (Å²) < 4.78 is 0. The van der Waals surface area contributed by atoms with Crippen LogP contribution in [0.5, 0.6) is 0 Å². The fraction of sp³-hybridized carbons (Fsp3) is 0.450. The van der Waals surface area contributed by atoms with Crippen LogP contribution in [0.2, 0.25) is 0 Å². The molecule has 1 amide bonds. The molecular weight excluding hydrogens is 298 g/mol. The molecule has 0 unspecified atom stereocenters. The molecule has 0 saturated heterocycles. The van der Waals surface area contributed by atoms with E-state index in [1.54, 1.807) is 0 Å². The van der Waals surface area contributed by atoms with Crippen LogP contribution in [0.25, 0.3) is 5.57 Å². The van der Waals surface area contributed by atoms with Crippen LogP contribution in [-0.4, -0.2) is 11.4 Å². The third kappa shape index (κ3) is 2.00. The van der Waals surface area contributed by atoms with Gasteiger partial charge in [-0.15, -0.1) is 0 Å². The number of benzene rings is 1. The maximum atomic E-state index is 13.2. The maximum Gasteiger partial charge on any atom is 0.261 e. The van der Waals surface area contributed by atoms with E-state index in [9.17, 15) is 15.3 Å². The topological polar surface area (TPSA) is 67.9 Å². The normalized spacial score (nSPS) is 24.4. The van der Waals surface area contributed by atoms with E-state index in [4.69, 9.17) is 0 Å². The van der Waals surface area contributed by atoms with Crippen LogP contribution < -0.4 is 4.90 Å². The summed E-state index contributed by atoms with van der Waals surface area (Å²) in [6.45, 7) is 8.38. The van der Waals surface area contributed by atoms with Crippen molar-refractivity contribution >= 4 is 17.2 Å². The van der Waals surface area contributed by atoms with Gasteiger partial charge in [0.1, 0.15) is 17.7 Å². The number of allylic oxidation sites excluding steroid dienone is 1. The molecule has 122 valence electrons. The Balaban J connectivity index is 2.42. The molecule has 0 aliphatic carbocycles. The van der Waals surface area contributed by atoms with Crippen molar-refractivity contribution in [3.05, 3.63) is 34.4 Å². The Kier molecular flexibility index (Phi) is 3.73. The van der Waals surface area contributed by atoms with Crippen molar-refractivity contribution in [3.63, 3.8) is 0 Å². The van der Waals surface area contributed by atoms with E-state index >= 15 is 0 Å². The SMILES string of the molecule is CC[C@H]1C[C@](C)(CC)N2C(=O)C(=C(C#N)C#N)c3cc(C)cc1c32. The zero-order chi connectivity index (χ0) is 17.6. The molecule has 0 bridgehead atoms. The van der Waals surface area contributed by atoms with Crippen LogP contribution in [0.1, 0.15) is 62.6 Å². The Hall–Kier alpha value is -2.59. The molecule has 4 heteroatoms. The number of hydrogen-bond donors (Lipinski definition) is 0. The molecule has 0 N–H and O–H groups in total. The summed E-state index contributed by atoms with van der Waals surface area (Å²) in [5.41, 5.74) is 3.82. The van der Waals surface area contributed by atoms with Gasteiger partial charge in [-0.1, -0.05) is 25.5 Å². The van der Waals surface area contributed by atoms with E-state index < -0.39 is 0 Å². The van der Waals surface area contributed by atoms with Crippen molar-refractivity contribution in [2.24, 2.45) is 0 Å². The molecule has 0 spiro atoms. The molecule has 2 atom stereocenters. The van der Waals surface area contributed by atoms with Gasteiger partial charge in [0.25, 0.3) is 5.91 Å². The van der Waals surface area contributed by atoms with Gasteiger partial charge in [0.15, 0.2) is 0 Å². The van der Waals surface area contributed by atoms with Crippen molar-refractivity contribution in [2.45, 2.75) is 58.4 Å². The molecule has 24 heavy (non-hydrogen) atoms. The minimum atomic E-state index is -0.285. The lowest BCUT2D eigenvalue weighted by molar-refractivity contribution is -0.114. The fourth-order valence-electron chi connectivity index (χ4n) is 4.18. The van der Waals surface area contributed by atoms with Crippen molar-refractivity contribution in [3.8, 4) is 12.1 Å². The van der Waals surface area contributed by atoms with Gasteiger partial charge in [0.05, 0.1) is 11.3 Å². The lowest BCUT2D eigenvalue weighted by Gasteiger charge is -2.46. The Labute approximate surface area is 143 Å². The van der Waals surface area contributed by atoms with E-state index in [-0.39, 0.29) is 22.6 Å². The second kappa shape index (κ2) is 5.49. The zero-order valence-corrected chi connectivity index (χ0v) is 14.6. The Morgan fingerprint density at radius 2 is 2.00 bits per heavy atom. The summed E-state index contributed by atoms with van der Waals surface area (Å²) >= 11 is 0. The first-order chi connectivity index (χ1) is 11.4. The van der Waals surface area contributed by atoms with Gasteiger partial charge in [-0.05, 0) is 50.7 Å². The molecule has 2 aliphatic rings. The smallest absolute Gasteiger partial charge is 0.261 e. The van der Waals surface area contributed by atoms with Crippen molar-refractivity contribution in [1.82, 2.24) is 0 Å². The number of hydrogen-bond acceptors (Lipinski definition) is 3. The molecule has 2 aliphatic heterocycles. The number of carbonyl (C=O) groups is 1. The number of rotatable bonds is 2. The predicted molar refractivity (Wildman–Crippen MR) is 93.2 cm³/mol. The van der Waals surface area contributed by atoms with E-state index in [0.29, 0.717) is 5.92 Å². The van der Waals surface area contributed by atoms with Gasteiger partial charge in [0, 0.05) is 11.1 Å². The highest BCUT2D eigenvalue weighted by Gasteiger charge is 2.49. The molecule has 0 aromatic heterocycles. The second-order valence-corrected chi connectivity index (χ2v) is 7.02. The monoisotopic (exact) mass is 319 g/mol. The highest BCUT2D eigenvalue weighted by Crippen LogP contribution is 2.54. The van der Waals surface area contributed by atoms with E-state index in [1.807, 2.05) is 30.0 Å². The first kappa shape index (κ1) is 16.3. The van der Waals surface area contributed by atoms with E-state index in [0.717, 1.165) is 36.1 Å². The van der Waals surface area contributed by atoms with Crippen molar-refractivity contribution < 1.29 is 4.79 Å². The highest BCUT2D eigenvalue weighted by molar-refractivity contribution is 6.35. The third-order valence-electron chi connectivity index (χ3n) is 5.59.